The molecule has 0 saturated carbocycles. The monoisotopic (exact) mass is 354 g/mol. The van der Waals surface area contributed by atoms with Crippen LogP contribution in [0, 0.1) is 13.8 Å². The zero-order valence-corrected chi connectivity index (χ0v) is 15.4. The average molecular weight is 354 g/mol. The van der Waals surface area contributed by atoms with Crippen molar-refractivity contribution in [3.63, 3.8) is 0 Å². The third-order valence-electron chi connectivity index (χ3n) is 4.02. The summed E-state index contributed by atoms with van der Waals surface area (Å²) in [5.74, 6) is 0.208. The number of aryl methyl sites for hydroxylation is 2. The number of carbonyl (C=O) groups excluding carboxylic acids is 2. The highest BCUT2D eigenvalue weighted by Crippen LogP contribution is 2.26. The zero-order chi connectivity index (χ0) is 19.1. The summed E-state index contributed by atoms with van der Waals surface area (Å²) in [4.78, 5) is 23.1. The predicted molar refractivity (Wildman–Crippen MR) is 99.1 cm³/mol. The van der Waals surface area contributed by atoms with Crippen LogP contribution < -0.4 is 4.74 Å². The van der Waals surface area contributed by atoms with Gasteiger partial charge in [-0.1, -0.05) is 24.3 Å². The zero-order valence-electron chi connectivity index (χ0n) is 15.4. The minimum Gasteiger partial charge on any atom is -0.503 e. The minimum absolute atomic E-state index is 0.259. The predicted octanol–water partition coefficient (Wildman–Crippen LogP) is 3.86. The molecule has 0 aromatic heterocycles. The maximum Gasteiger partial charge on any atom is 0.341 e. The molecule has 0 aliphatic heterocycles. The van der Waals surface area contributed by atoms with Gasteiger partial charge >= 0.3 is 5.97 Å². The van der Waals surface area contributed by atoms with Crippen molar-refractivity contribution in [3.05, 3.63) is 70.5 Å². The number of carbonyl (C=O) groups is 2. The Balaban J connectivity index is 2.32. The summed E-state index contributed by atoms with van der Waals surface area (Å²) in [6.45, 7) is 4.01. The Hall–Kier alpha value is -3.08. The normalized spacial score (nSPS) is 11.0. The van der Waals surface area contributed by atoms with Gasteiger partial charge < -0.3 is 14.2 Å². The number of rotatable bonds is 7. The van der Waals surface area contributed by atoms with Crippen LogP contribution in [0.3, 0.4) is 0 Å². The Bertz CT molecular complexity index is 836. The van der Waals surface area contributed by atoms with Crippen LogP contribution in [0.5, 0.6) is 5.75 Å². The summed E-state index contributed by atoms with van der Waals surface area (Å²) in [6.07, 6.45) is 2.19. The average Bonchev–Trinajstić information content (AvgIpc) is 2.66. The van der Waals surface area contributed by atoms with Gasteiger partial charge in [0.1, 0.15) is 24.2 Å². The van der Waals surface area contributed by atoms with Gasteiger partial charge in [0.15, 0.2) is 0 Å². The van der Waals surface area contributed by atoms with Gasteiger partial charge in [-0.05, 0) is 48.2 Å². The standard InChI is InChI=1S/C21H22O5/c1-14-10-20(15(2)9-17(14)11-22)26-12-16-7-5-6-8-18(16)19(13-24-3)21(23)25-4/h5-11,13H,12H2,1-4H3/b19-13+. The molecule has 0 radical (unpaired) electrons. The fraction of sp³-hybridized carbons (Fsp3) is 0.238. The molecule has 136 valence electrons. The molecule has 0 fully saturated rings. The van der Waals surface area contributed by atoms with Crippen molar-refractivity contribution in [1.29, 1.82) is 0 Å². The molecule has 0 unspecified atom stereocenters. The van der Waals surface area contributed by atoms with E-state index in [2.05, 4.69) is 0 Å². The van der Waals surface area contributed by atoms with E-state index in [0.29, 0.717) is 22.4 Å². The first-order valence-corrected chi connectivity index (χ1v) is 8.10. The number of hydrogen-bond donors (Lipinski definition) is 0. The highest BCUT2D eigenvalue weighted by Gasteiger charge is 2.17. The Morgan fingerprint density at radius 3 is 2.46 bits per heavy atom. The molecule has 0 saturated heterocycles. The van der Waals surface area contributed by atoms with E-state index in [1.807, 2.05) is 44.2 Å². The van der Waals surface area contributed by atoms with Gasteiger partial charge in [0.2, 0.25) is 0 Å². The van der Waals surface area contributed by atoms with Crippen LogP contribution in [0.4, 0.5) is 0 Å². The van der Waals surface area contributed by atoms with E-state index in [1.54, 1.807) is 6.07 Å². The second-order valence-electron chi connectivity index (χ2n) is 5.80. The highest BCUT2D eigenvalue weighted by molar-refractivity contribution is 6.16. The summed E-state index contributed by atoms with van der Waals surface area (Å²) in [5.41, 5.74) is 4.18. The maximum atomic E-state index is 12.1. The molecule has 26 heavy (non-hydrogen) atoms. The van der Waals surface area contributed by atoms with E-state index >= 15 is 0 Å². The van der Waals surface area contributed by atoms with Crippen molar-refractivity contribution in [2.24, 2.45) is 0 Å². The molecule has 0 aliphatic carbocycles. The van der Waals surface area contributed by atoms with Gasteiger partial charge in [-0.15, -0.1) is 0 Å². The van der Waals surface area contributed by atoms with E-state index in [-0.39, 0.29) is 6.61 Å². The Kier molecular flexibility index (Phi) is 6.55. The lowest BCUT2D eigenvalue weighted by molar-refractivity contribution is -0.133. The van der Waals surface area contributed by atoms with E-state index in [4.69, 9.17) is 14.2 Å². The van der Waals surface area contributed by atoms with Crippen molar-refractivity contribution >= 4 is 17.8 Å². The molecule has 0 aliphatic rings. The van der Waals surface area contributed by atoms with Crippen LogP contribution in [0.15, 0.2) is 42.7 Å². The van der Waals surface area contributed by atoms with Crippen LogP contribution in [0.2, 0.25) is 0 Å². The molecule has 0 bridgehead atoms. The molecule has 5 heteroatoms. The van der Waals surface area contributed by atoms with E-state index < -0.39 is 5.97 Å². The molecule has 2 aromatic rings. The van der Waals surface area contributed by atoms with Crippen molar-refractivity contribution in [3.8, 4) is 5.75 Å². The van der Waals surface area contributed by atoms with E-state index in [0.717, 1.165) is 23.0 Å². The molecule has 2 aromatic carbocycles. The number of esters is 1. The fourth-order valence-electron chi connectivity index (χ4n) is 2.61. The van der Waals surface area contributed by atoms with Crippen molar-refractivity contribution < 1.29 is 23.8 Å². The van der Waals surface area contributed by atoms with Crippen LogP contribution in [0.25, 0.3) is 5.57 Å². The Morgan fingerprint density at radius 1 is 1.08 bits per heavy atom. The summed E-state index contributed by atoms with van der Waals surface area (Å²) in [5, 5.41) is 0. The minimum atomic E-state index is -0.485. The lowest BCUT2D eigenvalue weighted by atomic mass is 10.0. The highest BCUT2D eigenvalue weighted by atomic mass is 16.5. The largest absolute Gasteiger partial charge is 0.503 e. The van der Waals surface area contributed by atoms with Gasteiger partial charge in [0.25, 0.3) is 0 Å². The molecule has 5 nitrogen and oxygen atoms in total. The summed E-state index contributed by atoms with van der Waals surface area (Å²) in [7, 11) is 2.80. The smallest absolute Gasteiger partial charge is 0.341 e. The van der Waals surface area contributed by atoms with Crippen LogP contribution in [0.1, 0.15) is 32.6 Å². The second kappa shape index (κ2) is 8.85. The van der Waals surface area contributed by atoms with Crippen molar-refractivity contribution in [2.75, 3.05) is 14.2 Å². The Labute approximate surface area is 153 Å². The molecule has 0 heterocycles. The number of benzene rings is 2. The van der Waals surface area contributed by atoms with Crippen LogP contribution in [-0.2, 0) is 20.9 Å². The number of methoxy groups -OCH3 is 2. The lowest BCUT2D eigenvalue weighted by Gasteiger charge is -2.15. The lowest BCUT2D eigenvalue weighted by Crippen LogP contribution is -2.08. The molecule has 2 rings (SSSR count). The second-order valence-corrected chi connectivity index (χ2v) is 5.80. The van der Waals surface area contributed by atoms with Gasteiger partial charge in [-0.25, -0.2) is 4.79 Å². The van der Waals surface area contributed by atoms with E-state index in [1.165, 1.54) is 20.5 Å². The molecular formula is C21H22O5. The summed E-state index contributed by atoms with van der Waals surface area (Å²) < 4.78 is 15.8. The first-order valence-electron chi connectivity index (χ1n) is 8.10. The van der Waals surface area contributed by atoms with Gasteiger partial charge in [0.05, 0.1) is 20.5 Å². The third-order valence-corrected chi connectivity index (χ3v) is 4.02. The molecular weight excluding hydrogens is 332 g/mol. The number of hydrogen-bond acceptors (Lipinski definition) is 5. The SMILES string of the molecule is CO/C=C(/C(=O)OC)c1ccccc1COc1cc(C)c(C=O)cc1C. The summed E-state index contributed by atoms with van der Waals surface area (Å²) in [6, 6.07) is 11.0. The van der Waals surface area contributed by atoms with Crippen molar-refractivity contribution in [2.45, 2.75) is 20.5 Å². The van der Waals surface area contributed by atoms with Gasteiger partial charge in [-0.3, -0.25) is 4.79 Å². The Morgan fingerprint density at radius 2 is 1.81 bits per heavy atom. The first kappa shape index (κ1) is 19.2. The molecule has 0 atom stereocenters. The summed E-state index contributed by atoms with van der Waals surface area (Å²) >= 11 is 0. The first-order chi connectivity index (χ1) is 12.5. The quantitative estimate of drug-likeness (QED) is 0.327. The topological polar surface area (TPSA) is 61.8 Å². The maximum absolute atomic E-state index is 12.1. The molecule has 0 spiro atoms. The molecule has 0 N–H and O–H groups in total. The van der Waals surface area contributed by atoms with Crippen LogP contribution >= 0.6 is 0 Å². The van der Waals surface area contributed by atoms with Crippen LogP contribution in [-0.4, -0.2) is 26.5 Å². The van der Waals surface area contributed by atoms with Crippen molar-refractivity contribution in [1.82, 2.24) is 0 Å². The van der Waals surface area contributed by atoms with Gasteiger partial charge in [-0.2, -0.15) is 0 Å². The third kappa shape index (κ3) is 4.30. The van der Waals surface area contributed by atoms with E-state index in [9.17, 15) is 9.59 Å². The fourth-order valence-corrected chi connectivity index (χ4v) is 2.61. The van der Waals surface area contributed by atoms with Gasteiger partial charge in [0, 0.05) is 5.56 Å². The number of ether oxygens (including phenoxy) is 3. The molecule has 0 amide bonds. The number of aldehydes is 1.